The van der Waals surface area contributed by atoms with Crippen molar-refractivity contribution in [3.05, 3.63) is 82.7 Å². The Morgan fingerprint density at radius 3 is 2.42 bits per heavy atom. The van der Waals surface area contributed by atoms with Gasteiger partial charge in [0, 0.05) is 44.0 Å². The molecule has 0 aliphatic heterocycles. The molecule has 2 heterocycles. The second-order valence-electron chi connectivity index (χ2n) is 6.40. The van der Waals surface area contributed by atoms with Crippen LogP contribution in [0.4, 0.5) is 23.0 Å². The summed E-state index contributed by atoms with van der Waals surface area (Å²) in [5.74, 6) is -0.0981. The van der Waals surface area contributed by atoms with Gasteiger partial charge in [-0.05, 0) is 36.4 Å². The van der Waals surface area contributed by atoms with Crippen molar-refractivity contribution in [3.8, 4) is 0 Å². The Bertz CT molecular complexity index is 1080. The molecule has 0 unspecified atom stereocenters. The van der Waals surface area contributed by atoms with Crippen molar-refractivity contribution >= 4 is 34.8 Å². The average molecular weight is 420 g/mol. The fraction of sp³-hybridized carbons (Fsp3) is 0.143. The average Bonchev–Trinajstić information content (AvgIpc) is 2.80. The van der Waals surface area contributed by atoms with Crippen LogP contribution in [-0.4, -0.2) is 40.3 Å². The number of aromatic nitrogens is 2. The number of rotatable bonds is 8. The Hall–Kier alpha value is -4.34. The lowest BCUT2D eigenvalue weighted by molar-refractivity contribution is -0.384. The maximum absolute atomic E-state index is 13.2. The van der Waals surface area contributed by atoms with Gasteiger partial charge < -0.3 is 10.6 Å². The highest BCUT2D eigenvalue weighted by Gasteiger charge is 2.23. The van der Waals surface area contributed by atoms with E-state index in [1.165, 1.54) is 29.3 Å². The van der Waals surface area contributed by atoms with Crippen molar-refractivity contribution in [2.45, 2.75) is 6.42 Å². The third-order valence-electron chi connectivity index (χ3n) is 4.38. The number of carbonyl (C=O) groups excluding carboxylic acids is 2. The van der Waals surface area contributed by atoms with E-state index in [0.717, 1.165) is 0 Å². The molecule has 3 aromatic rings. The van der Waals surface area contributed by atoms with E-state index in [9.17, 15) is 19.7 Å². The highest BCUT2D eigenvalue weighted by atomic mass is 16.6. The van der Waals surface area contributed by atoms with E-state index in [-0.39, 0.29) is 30.1 Å². The number of nitrogens with one attached hydrogen (secondary N) is 2. The van der Waals surface area contributed by atoms with Crippen molar-refractivity contribution in [2.24, 2.45) is 0 Å². The molecule has 0 saturated heterocycles. The first kappa shape index (κ1) is 21.4. The van der Waals surface area contributed by atoms with Crippen LogP contribution in [0.2, 0.25) is 0 Å². The molecule has 0 aliphatic carbocycles. The lowest BCUT2D eigenvalue weighted by Gasteiger charge is -2.21. The van der Waals surface area contributed by atoms with E-state index in [4.69, 9.17) is 0 Å². The highest BCUT2D eigenvalue weighted by molar-refractivity contribution is 6.06. The molecule has 10 heteroatoms. The smallest absolute Gasteiger partial charge is 0.293 e. The van der Waals surface area contributed by atoms with Crippen molar-refractivity contribution < 1.29 is 14.5 Å². The van der Waals surface area contributed by atoms with Crippen LogP contribution in [-0.2, 0) is 4.79 Å². The Morgan fingerprint density at radius 2 is 1.81 bits per heavy atom. The molecule has 0 saturated carbocycles. The molecule has 2 N–H and O–H groups in total. The fourth-order valence-electron chi connectivity index (χ4n) is 2.87. The number of amides is 2. The number of hydrogen-bond acceptors (Lipinski definition) is 7. The van der Waals surface area contributed by atoms with Gasteiger partial charge in [-0.15, -0.1) is 0 Å². The Morgan fingerprint density at radius 1 is 1.06 bits per heavy atom. The minimum Gasteiger partial charge on any atom is -0.383 e. The van der Waals surface area contributed by atoms with Gasteiger partial charge in [0.2, 0.25) is 5.91 Å². The van der Waals surface area contributed by atoms with Crippen LogP contribution < -0.4 is 15.5 Å². The molecule has 0 spiro atoms. The number of nitro benzene ring substituents is 1. The van der Waals surface area contributed by atoms with Gasteiger partial charge in [0.1, 0.15) is 17.3 Å². The van der Waals surface area contributed by atoms with Gasteiger partial charge in [0.15, 0.2) is 0 Å². The summed E-state index contributed by atoms with van der Waals surface area (Å²) < 4.78 is 0. The summed E-state index contributed by atoms with van der Waals surface area (Å²) in [6.45, 7) is 0.0239. The largest absolute Gasteiger partial charge is 0.383 e. The first-order valence-electron chi connectivity index (χ1n) is 9.39. The fourth-order valence-corrected chi connectivity index (χ4v) is 2.87. The first-order chi connectivity index (χ1) is 15.0. The zero-order chi connectivity index (χ0) is 22.2. The molecular formula is C21H20N6O4. The van der Waals surface area contributed by atoms with Crippen molar-refractivity contribution in [1.82, 2.24) is 9.97 Å². The van der Waals surface area contributed by atoms with Crippen LogP contribution in [0, 0.1) is 10.1 Å². The van der Waals surface area contributed by atoms with E-state index in [2.05, 4.69) is 20.6 Å². The summed E-state index contributed by atoms with van der Waals surface area (Å²) in [5.41, 5.74) is 0.185. The Labute approximate surface area is 178 Å². The van der Waals surface area contributed by atoms with Crippen LogP contribution in [0.1, 0.15) is 16.8 Å². The van der Waals surface area contributed by atoms with Gasteiger partial charge in [-0.1, -0.05) is 12.1 Å². The van der Waals surface area contributed by atoms with Crippen molar-refractivity contribution in [3.63, 3.8) is 0 Å². The van der Waals surface area contributed by atoms with Gasteiger partial charge in [-0.25, -0.2) is 9.97 Å². The van der Waals surface area contributed by atoms with Gasteiger partial charge in [0.05, 0.1) is 4.92 Å². The SMILES string of the molecule is CNc1ccc(C(=O)N(CCC(=O)Nc2ccccn2)c2ccccn2)cc1[N+](=O)[O-]. The van der Waals surface area contributed by atoms with E-state index < -0.39 is 10.8 Å². The van der Waals surface area contributed by atoms with Gasteiger partial charge in [-0.3, -0.25) is 24.6 Å². The normalized spacial score (nSPS) is 10.2. The van der Waals surface area contributed by atoms with Crippen LogP contribution in [0.15, 0.2) is 67.0 Å². The molecular weight excluding hydrogens is 400 g/mol. The van der Waals surface area contributed by atoms with E-state index in [1.54, 1.807) is 49.6 Å². The molecule has 31 heavy (non-hydrogen) atoms. The van der Waals surface area contributed by atoms with Crippen LogP contribution in [0.25, 0.3) is 0 Å². The van der Waals surface area contributed by atoms with Gasteiger partial charge in [0.25, 0.3) is 11.6 Å². The minimum absolute atomic E-state index is 0.0183. The minimum atomic E-state index is -0.561. The molecule has 0 aliphatic rings. The molecule has 0 bridgehead atoms. The molecule has 0 radical (unpaired) electrons. The molecule has 2 amide bonds. The standard InChI is InChI=1S/C21H20N6O4/c1-22-16-9-8-15(14-17(16)27(30)31)21(29)26(19-7-3-5-12-24-19)13-10-20(28)25-18-6-2-4-11-23-18/h2-9,11-12,14,22H,10,13H2,1H3,(H,23,25,28). The molecule has 158 valence electrons. The topological polar surface area (TPSA) is 130 Å². The second-order valence-corrected chi connectivity index (χ2v) is 6.40. The number of pyridine rings is 2. The zero-order valence-corrected chi connectivity index (χ0v) is 16.7. The molecule has 0 fully saturated rings. The molecule has 1 aromatic carbocycles. The van der Waals surface area contributed by atoms with Gasteiger partial charge >= 0.3 is 0 Å². The number of hydrogen-bond donors (Lipinski definition) is 2. The summed E-state index contributed by atoms with van der Waals surface area (Å²) in [6, 6.07) is 14.3. The van der Waals surface area contributed by atoms with Crippen molar-refractivity contribution in [2.75, 3.05) is 29.1 Å². The predicted octanol–water partition coefficient (Wildman–Crippen LogP) is 3.10. The number of nitrogens with zero attached hydrogens (tertiary/aromatic N) is 4. The molecule has 2 aromatic heterocycles. The predicted molar refractivity (Wildman–Crippen MR) is 116 cm³/mol. The molecule has 0 atom stereocenters. The molecule has 3 rings (SSSR count). The lowest BCUT2D eigenvalue weighted by atomic mass is 10.1. The van der Waals surface area contributed by atoms with E-state index in [0.29, 0.717) is 17.3 Å². The van der Waals surface area contributed by atoms with E-state index >= 15 is 0 Å². The second kappa shape index (κ2) is 9.92. The summed E-state index contributed by atoms with van der Waals surface area (Å²) in [5, 5.41) is 16.7. The van der Waals surface area contributed by atoms with Crippen LogP contribution >= 0.6 is 0 Å². The molecule has 10 nitrogen and oxygen atoms in total. The summed E-state index contributed by atoms with van der Waals surface area (Å²) in [4.78, 5) is 45.9. The van der Waals surface area contributed by atoms with Crippen LogP contribution in [0.3, 0.4) is 0 Å². The maximum Gasteiger partial charge on any atom is 0.293 e. The van der Waals surface area contributed by atoms with Gasteiger partial charge in [-0.2, -0.15) is 0 Å². The number of benzene rings is 1. The number of nitro groups is 1. The lowest BCUT2D eigenvalue weighted by Crippen LogP contribution is -2.34. The third kappa shape index (κ3) is 5.38. The van der Waals surface area contributed by atoms with Crippen molar-refractivity contribution in [1.29, 1.82) is 0 Å². The summed E-state index contributed by atoms with van der Waals surface area (Å²) >= 11 is 0. The third-order valence-corrected chi connectivity index (χ3v) is 4.38. The summed E-state index contributed by atoms with van der Waals surface area (Å²) in [7, 11) is 1.56. The van der Waals surface area contributed by atoms with E-state index in [1.807, 2.05) is 0 Å². The Kier molecular flexibility index (Phi) is 6.84. The zero-order valence-electron chi connectivity index (χ0n) is 16.7. The first-order valence-corrected chi connectivity index (χ1v) is 9.39. The maximum atomic E-state index is 13.2. The monoisotopic (exact) mass is 420 g/mol. The quantitative estimate of drug-likeness (QED) is 0.423. The number of anilines is 3. The Balaban J connectivity index is 1.82. The highest BCUT2D eigenvalue weighted by Crippen LogP contribution is 2.26. The number of carbonyl (C=O) groups is 2. The van der Waals surface area contributed by atoms with Crippen LogP contribution in [0.5, 0.6) is 0 Å². The summed E-state index contributed by atoms with van der Waals surface area (Å²) in [6.07, 6.45) is 3.06.